The molecule has 44 heavy (non-hydrogen) atoms. The zero-order valence-corrected chi connectivity index (χ0v) is 28.7. The molecule has 0 aliphatic carbocycles. The van der Waals surface area contributed by atoms with E-state index in [1.807, 2.05) is 31.4 Å². The number of amides is 1. The van der Waals surface area contributed by atoms with Crippen LogP contribution in [0.5, 0.6) is 5.75 Å². The van der Waals surface area contributed by atoms with E-state index in [0.717, 1.165) is 18.9 Å². The predicted molar refractivity (Wildman–Crippen MR) is 171 cm³/mol. The molecule has 9 nitrogen and oxygen atoms in total. The molecule has 1 saturated heterocycles. The number of likely N-dealkylation sites (tertiary alicyclic amines) is 1. The van der Waals surface area contributed by atoms with Crippen LogP contribution < -0.4 is 4.74 Å². The number of aromatic nitrogens is 3. The summed E-state index contributed by atoms with van der Waals surface area (Å²) in [6.45, 7) is 11.7. The van der Waals surface area contributed by atoms with Gasteiger partial charge in [0.1, 0.15) is 23.1 Å². The van der Waals surface area contributed by atoms with Gasteiger partial charge in [0.05, 0.1) is 24.5 Å². The maximum Gasteiger partial charge on any atom is 0.419 e. The highest BCUT2D eigenvalue weighted by Gasteiger charge is 2.35. The number of carbonyl (C=O) groups excluding carboxylic acids is 1. The van der Waals surface area contributed by atoms with Gasteiger partial charge in [-0.05, 0) is 83.3 Å². The van der Waals surface area contributed by atoms with Gasteiger partial charge in [-0.25, -0.2) is 14.8 Å². The molecule has 0 bridgehead atoms. The van der Waals surface area contributed by atoms with Crippen molar-refractivity contribution in [3.05, 3.63) is 41.9 Å². The summed E-state index contributed by atoms with van der Waals surface area (Å²) in [5.74, 6) is -1.95. The largest absolute Gasteiger partial charge is 0.493 e. The monoisotopic (exact) mass is 743 g/mol. The molecule has 3 aromatic rings. The summed E-state index contributed by atoms with van der Waals surface area (Å²) in [6, 6.07) is 7.51. The maximum atomic E-state index is 14.2. The van der Waals surface area contributed by atoms with E-state index in [1.54, 1.807) is 17.2 Å². The average molecular weight is 744 g/mol. The first-order chi connectivity index (χ1) is 20.5. The molecule has 0 atom stereocenters. The summed E-state index contributed by atoms with van der Waals surface area (Å²) < 4.78 is 61.5. The average Bonchev–Trinajstić information content (AvgIpc) is 3.33. The van der Waals surface area contributed by atoms with Crippen molar-refractivity contribution in [2.45, 2.75) is 71.4 Å². The van der Waals surface area contributed by atoms with Gasteiger partial charge in [-0.1, -0.05) is 21.8 Å². The standard InChI is InChI=1S/C30H37F3IN5O4Si/c1-29(2,3)43-28(40)39-12-8-20(9-13-39)11-16-41-24-7-6-21(18-23(24)30(31,32)33)26-22-10-14-38(15-17-42-44(4,5)34)27(22)37-25(19-35)36-26/h6-7,10,14,18,20H,8-9,11-13,15-17H2,1-5H3. The molecule has 1 aliphatic rings. The smallest absolute Gasteiger partial charge is 0.419 e. The molecule has 3 heterocycles. The fraction of sp³-hybridized carbons (Fsp3) is 0.533. The third-order valence-corrected chi connectivity index (χ3v) is 8.93. The first-order valence-electron chi connectivity index (χ1n) is 14.5. The number of nitriles is 1. The second kappa shape index (κ2) is 13.6. The Balaban J connectivity index is 1.48. The predicted octanol–water partition coefficient (Wildman–Crippen LogP) is 7.56. The van der Waals surface area contributed by atoms with Crippen LogP contribution in [0, 0.1) is 17.2 Å². The number of carbonyl (C=O) groups is 1. The Morgan fingerprint density at radius 3 is 2.45 bits per heavy atom. The molecule has 0 saturated carbocycles. The minimum absolute atomic E-state index is 0.109. The number of benzene rings is 1. The van der Waals surface area contributed by atoms with Crippen LogP contribution in [0.2, 0.25) is 13.1 Å². The minimum atomic E-state index is -4.67. The van der Waals surface area contributed by atoms with E-state index in [2.05, 4.69) is 44.9 Å². The second-order valence-electron chi connectivity index (χ2n) is 12.2. The third-order valence-electron chi connectivity index (χ3n) is 7.10. The van der Waals surface area contributed by atoms with Crippen molar-refractivity contribution in [1.82, 2.24) is 19.4 Å². The van der Waals surface area contributed by atoms with Crippen molar-refractivity contribution in [1.29, 1.82) is 5.26 Å². The highest BCUT2D eigenvalue weighted by atomic mass is 127. The number of ether oxygens (including phenoxy) is 2. The first kappa shape index (κ1) is 34.0. The Labute approximate surface area is 269 Å². The Morgan fingerprint density at radius 1 is 1.14 bits per heavy atom. The van der Waals surface area contributed by atoms with Crippen molar-refractivity contribution in [2.24, 2.45) is 5.92 Å². The molecule has 238 valence electrons. The Bertz CT molecular complexity index is 1520. The highest BCUT2D eigenvalue weighted by molar-refractivity contribution is 14.1. The summed E-state index contributed by atoms with van der Waals surface area (Å²) in [4.78, 5) is 22.6. The maximum absolute atomic E-state index is 14.2. The molecule has 1 aromatic carbocycles. The second-order valence-corrected chi connectivity index (χ2v) is 23.0. The lowest BCUT2D eigenvalue weighted by Gasteiger charge is -2.33. The number of fused-ring (bicyclic) bond motifs is 1. The van der Waals surface area contributed by atoms with E-state index in [1.165, 1.54) is 12.1 Å². The number of piperidine rings is 1. The van der Waals surface area contributed by atoms with Gasteiger partial charge in [-0.2, -0.15) is 18.4 Å². The summed E-state index contributed by atoms with van der Waals surface area (Å²) >= 11 is 2.32. The SMILES string of the molecule is CC(C)(C)OC(=O)N1CCC(CCOc2ccc(-c3nc(C#N)nc4c3ccn4CCO[Si](C)(C)I)cc2C(F)(F)F)CC1. The molecule has 4 rings (SSSR count). The molecule has 1 amide bonds. The quantitative estimate of drug-likeness (QED) is 0.127. The van der Waals surface area contributed by atoms with E-state index in [0.29, 0.717) is 43.7 Å². The molecule has 1 aliphatic heterocycles. The lowest BCUT2D eigenvalue weighted by molar-refractivity contribution is -0.138. The molecule has 1 fully saturated rings. The molecule has 14 heteroatoms. The Kier molecular flexibility index (Phi) is 10.5. The summed E-state index contributed by atoms with van der Waals surface area (Å²) in [5.41, 5.74) is -0.587. The lowest BCUT2D eigenvalue weighted by atomic mass is 9.94. The van der Waals surface area contributed by atoms with E-state index >= 15 is 0 Å². The summed E-state index contributed by atoms with van der Waals surface area (Å²) in [5, 5.41) is 10.1. The van der Waals surface area contributed by atoms with Crippen LogP contribution in [0.25, 0.3) is 22.3 Å². The van der Waals surface area contributed by atoms with Gasteiger partial charge < -0.3 is 23.4 Å². The summed E-state index contributed by atoms with van der Waals surface area (Å²) in [6.07, 6.45) is -1.24. The van der Waals surface area contributed by atoms with Crippen molar-refractivity contribution in [3.8, 4) is 23.1 Å². The van der Waals surface area contributed by atoms with Gasteiger partial charge in [0.2, 0.25) is 5.82 Å². The van der Waals surface area contributed by atoms with Crippen molar-refractivity contribution in [2.75, 3.05) is 26.3 Å². The minimum Gasteiger partial charge on any atom is -0.493 e. The van der Waals surface area contributed by atoms with Gasteiger partial charge >= 0.3 is 12.3 Å². The van der Waals surface area contributed by atoms with Crippen molar-refractivity contribution < 1.29 is 31.9 Å². The normalized spacial score (nSPS) is 15.0. The number of halogens is 4. The van der Waals surface area contributed by atoms with Crippen LogP contribution >= 0.6 is 21.8 Å². The topological polar surface area (TPSA) is 102 Å². The molecule has 0 unspecified atom stereocenters. The number of rotatable bonds is 9. The molecule has 0 spiro atoms. The number of hydrogen-bond acceptors (Lipinski definition) is 7. The molecule has 2 aromatic heterocycles. The summed E-state index contributed by atoms with van der Waals surface area (Å²) in [7, 11) is 0. The Morgan fingerprint density at radius 2 is 1.84 bits per heavy atom. The van der Waals surface area contributed by atoms with E-state index in [9.17, 15) is 23.2 Å². The van der Waals surface area contributed by atoms with Crippen molar-refractivity contribution >= 4 is 44.7 Å². The van der Waals surface area contributed by atoms with Gasteiger partial charge in [0, 0.05) is 36.8 Å². The zero-order valence-electron chi connectivity index (χ0n) is 25.5. The lowest BCUT2D eigenvalue weighted by Crippen LogP contribution is -2.41. The van der Waals surface area contributed by atoms with E-state index in [-0.39, 0.29) is 41.4 Å². The van der Waals surface area contributed by atoms with Crippen LogP contribution in [0.4, 0.5) is 18.0 Å². The van der Waals surface area contributed by atoms with Gasteiger partial charge in [0.25, 0.3) is 5.81 Å². The van der Waals surface area contributed by atoms with Crippen LogP contribution in [-0.2, 0) is 21.9 Å². The van der Waals surface area contributed by atoms with Crippen LogP contribution in [0.1, 0.15) is 51.4 Å². The third kappa shape index (κ3) is 9.07. The zero-order chi connectivity index (χ0) is 32.3. The highest BCUT2D eigenvalue weighted by Crippen LogP contribution is 2.40. The van der Waals surface area contributed by atoms with E-state index < -0.39 is 23.2 Å². The van der Waals surface area contributed by atoms with Crippen LogP contribution in [0.15, 0.2) is 30.5 Å². The van der Waals surface area contributed by atoms with Gasteiger partial charge in [-0.15, -0.1) is 0 Å². The first-order valence-corrected chi connectivity index (χ1v) is 20.5. The number of nitrogens with zero attached hydrogens (tertiary/aromatic N) is 5. The number of hydrogen-bond donors (Lipinski definition) is 0. The number of alkyl halides is 3. The molecular weight excluding hydrogens is 706 g/mol. The molecule has 0 N–H and O–H groups in total. The van der Waals surface area contributed by atoms with Gasteiger partial charge in [-0.3, -0.25) is 0 Å². The Hall–Kier alpha value is -2.90. The van der Waals surface area contributed by atoms with Crippen LogP contribution in [0.3, 0.4) is 0 Å². The fourth-order valence-electron chi connectivity index (χ4n) is 4.99. The van der Waals surface area contributed by atoms with Gasteiger partial charge in [0.15, 0.2) is 0 Å². The molecule has 0 radical (unpaired) electrons. The fourth-order valence-corrected chi connectivity index (χ4v) is 6.23. The van der Waals surface area contributed by atoms with E-state index in [4.69, 9.17) is 13.9 Å². The molecular formula is C30H37F3IN5O4Si. The van der Waals surface area contributed by atoms with Crippen molar-refractivity contribution in [3.63, 3.8) is 0 Å². The van der Waals surface area contributed by atoms with Crippen LogP contribution in [-0.4, -0.2) is 63.2 Å².